The van der Waals surface area contributed by atoms with Gasteiger partial charge in [-0.3, -0.25) is 4.98 Å². The number of hydrogen-bond donors (Lipinski definition) is 3. The smallest absolute Gasteiger partial charge is 0.250 e. The van der Waals surface area contributed by atoms with Crippen molar-refractivity contribution in [3.63, 3.8) is 0 Å². The van der Waals surface area contributed by atoms with Gasteiger partial charge in [0.25, 0.3) is 0 Å². The van der Waals surface area contributed by atoms with Gasteiger partial charge >= 0.3 is 0 Å². The SMILES string of the molecule is C(=N/Nc1nc(Nc2ccccc2)nc(Nc2ccccc2)n1)/c1ccncc1. The predicted molar refractivity (Wildman–Crippen MR) is 115 cm³/mol. The van der Waals surface area contributed by atoms with E-state index in [1.54, 1.807) is 18.6 Å². The van der Waals surface area contributed by atoms with Crippen LogP contribution in [-0.2, 0) is 0 Å². The first-order valence-electron chi connectivity index (χ1n) is 8.94. The van der Waals surface area contributed by atoms with E-state index in [0.717, 1.165) is 16.9 Å². The summed E-state index contributed by atoms with van der Waals surface area (Å²) in [4.78, 5) is 17.2. The highest BCUT2D eigenvalue weighted by Gasteiger charge is 2.07. The number of para-hydroxylation sites is 2. The zero-order valence-electron chi connectivity index (χ0n) is 15.4. The average Bonchev–Trinajstić information content (AvgIpc) is 2.76. The van der Waals surface area contributed by atoms with Gasteiger partial charge < -0.3 is 10.6 Å². The monoisotopic (exact) mass is 382 g/mol. The number of nitrogens with one attached hydrogen (secondary N) is 3. The Morgan fingerprint density at radius 2 is 1.14 bits per heavy atom. The second kappa shape index (κ2) is 9.05. The molecule has 0 radical (unpaired) electrons. The molecule has 2 heterocycles. The van der Waals surface area contributed by atoms with Gasteiger partial charge in [-0.05, 0) is 42.0 Å². The standard InChI is InChI=1S/C21H18N8/c1-3-7-17(8-4-1)24-19-26-20(25-18-9-5-2-6-10-18)28-21(27-19)29-23-15-16-11-13-22-14-12-16/h1-15H,(H3,24,25,26,27,28,29)/b23-15-. The van der Waals surface area contributed by atoms with Crippen molar-refractivity contribution in [2.45, 2.75) is 0 Å². The Balaban J connectivity index is 1.57. The van der Waals surface area contributed by atoms with E-state index in [1.807, 2.05) is 72.8 Å². The van der Waals surface area contributed by atoms with E-state index < -0.39 is 0 Å². The van der Waals surface area contributed by atoms with Crippen LogP contribution in [0.25, 0.3) is 0 Å². The normalized spacial score (nSPS) is 10.6. The fourth-order valence-electron chi connectivity index (χ4n) is 2.45. The quantitative estimate of drug-likeness (QED) is 0.325. The van der Waals surface area contributed by atoms with Gasteiger partial charge in [-0.1, -0.05) is 36.4 Å². The molecule has 0 amide bonds. The summed E-state index contributed by atoms with van der Waals surface area (Å²) in [5.74, 6) is 1.10. The number of benzene rings is 2. The van der Waals surface area contributed by atoms with Crippen molar-refractivity contribution in [3.8, 4) is 0 Å². The summed E-state index contributed by atoms with van der Waals surface area (Å²) in [5.41, 5.74) is 5.50. The maximum atomic E-state index is 4.45. The number of hydrogen-bond acceptors (Lipinski definition) is 8. The molecular weight excluding hydrogens is 364 g/mol. The first kappa shape index (κ1) is 18.1. The van der Waals surface area contributed by atoms with Crippen LogP contribution < -0.4 is 16.1 Å². The lowest BCUT2D eigenvalue weighted by molar-refractivity contribution is 1.04. The average molecular weight is 382 g/mol. The molecule has 8 heteroatoms. The van der Waals surface area contributed by atoms with Gasteiger partial charge in [0.05, 0.1) is 6.21 Å². The van der Waals surface area contributed by atoms with E-state index >= 15 is 0 Å². The van der Waals surface area contributed by atoms with Crippen LogP contribution in [0.5, 0.6) is 0 Å². The van der Waals surface area contributed by atoms with Crippen molar-refractivity contribution >= 4 is 35.4 Å². The van der Waals surface area contributed by atoms with Gasteiger partial charge in [0, 0.05) is 23.8 Å². The molecule has 0 bridgehead atoms. The summed E-state index contributed by atoms with van der Waals surface area (Å²) in [6, 6.07) is 23.1. The summed E-state index contributed by atoms with van der Waals surface area (Å²) in [6.07, 6.45) is 5.07. The molecular formula is C21H18N8. The van der Waals surface area contributed by atoms with Crippen molar-refractivity contribution in [1.82, 2.24) is 19.9 Å². The van der Waals surface area contributed by atoms with Gasteiger partial charge in [0.1, 0.15) is 0 Å². The molecule has 4 aromatic rings. The van der Waals surface area contributed by atoms with E-state index in [4.69, 9.17) is 0 Å². The molecule has 2 aromatic carbocycles. The van der Waals surface area contributed by atoms with Crippen LogP contribution in [0.3, 0.4) is 0 Å². The minimum atomic E-state index is 0.308. The van der Waals surface area contributed by atoms with Crippen LogP contribution in [-0.4, -0.2) is 26.2 Å². The Morgan fingerprint density at radius 1 is 0.621 bits per heavy atom. The lowest BCUT2D eigenvalue weighted by Gasteiger charge is -2.10. The molecule has 3 N–H and O–H groups in total. The maximum absolute atomic E-state index is 4.45. The Labute approximate surface area is 167 Å². The van der Waals surface area contributed by atoms with Crippen molar-refractivity contribution in [3.05, 3.63) is 90.8 Å². The van der Waals surface area contributed by atoms with E-state index in [9.17, 15) is 0 Å². The van der Waals surface area contributed by atoms with Crippen LogP contribution in [0.2, 0.25) is 0 Å². The molecule has 0 saturated heterocycles. The zero-order chi connectivity index (χ0) is 19.7. The number of rotatable bonds is 7. The Morgan fingerprint density at radius 3 is 1.69 bits per heavy atom. The van der Waals surface area contributed by atoms with E-state index in [-0.39, 0.29) is 0 Å². The molecule has 0 aliphatic heterocycles. The number of hydrazone groups is 1. The highest BCUT2D eigenvalue weighted by molar-refractivity contribution is 5.79. The van der Waals surface area contributed by atoms with Gasteiger partial charge in [0.2, 0.25) is 17.8 Å². The van der Waals surface area contributed by atoms with Crippen molar-refractivity contribution in [1.29, 1.82) is 0 Å². The summed E-state index contributed by atoms with van der Waals surface area (Å²) in [5, 5.41) is 10.5. The zero-order valence-corrected chi connectivity index (χ0v) is 15.4. The molecule has 0 atom stereocenters. The third-order valence-corrected chi connectivity index (χ3v) is 3.78. The molecule has 4 rings (SSSR count). The van der Waals surface area contributed by atoms with Gasteiger partial charge in [-0.15, -0.1) is 0 Å². The van der Waals surface area contributed by atoms with Crippen molar-refractivity contribution in [2.75, 3.05) is 16.1 Å². The summed E-state index contributed by atoms with van der Waals surface area (Å²) >= 11 is 0. The van der Waals surface area contributed by atoms with E-state index in [2.05, 4.69) is 41.1 Å². The molecule has 0 spiro atoms. The predicted octanol–water partition coefficient (Wildman–Crippen LogP) is 4.20. The molecule has 0 aliphatic rings. The number of pyridine rings is 1. The van der Waals surface area contributed by atoms with Crippen LogP contribution in [0.4, 0.5) is 29.2 Å². The fraction of sp³-hybridized carbons (Fsp3) is 0. The van der Waals surface area contributed by atoms with Crippen LogP contribution >= 0.6 is 0 Å². The van der Waals surface area contributed by atoms with Crippen LogP contribution in [0.15, 0.2) is 90.3 Å². The van der Waals surface area contributed by atoms with Gasteiger partial charge in [0.15, 0.2) is 0 Å². The third-order valence-electron chi connectivity index (χ3n) is 3.78. The van der Waals surface area contributed by atoms with E-state index in [0.29, 0.717) is 17.8 Å². The van der Waals surface area contributed by atoms with E-state index in [1.165, 1.54) is 0 Å². The Hall–Kier alpha value is -4.33. The number of nitrogens with zero attached hydrogens (tertiary/aromatic N) is 5. The Bertz CT molecular complexity index is 1010. The first-order chi connectivity index (χ1) is 14.3. The minimum absolute atomic E-state index is 0.308. The molecule has 142 valence electrons. The topological polar surface area (TPSA) is 100 Å². The second-order valence-corrected chi connectivity index (χ2v) is 5.94. The fourth-order valence-corrected chi connectivity index (χ4v) is 2.45. The maximum Gasteiger partial charge on any atom is 0.250 e. The first-order valence-corrected chi connectivity index (χ1v) is 8.94. The van der Waals surface area contributed by atoms with Crippen molar-refractivity contribution in [2.24, 2.45) is 5.10 Å². The molecule has 2 aromatic heterocycles. The number of anilines is 5. The Kier molecular flexibility index (Phi) is 5.63. The molecule has 29 heavy (non-hydrogen) atoms. The van der Waals surface area contributed by atoms with Crippen LogP contribution in [0, 0.1) is 0 Å². The van der Waals surface area contributed by atoms with Crippen LogP contribution in [0.1, 0.15) is 5.56 Å². The summed E-state index contributed by atoms with van der Waals surface area (Å²) < 4.78 is 0. The molecule has 8 nitrogen and oxygen atoms in total. The van der Waals surface area contributed by atoms with Gasteiger partial charge in [-0.25, -0.2) is 5.43 Å². The largest absolute Gasteiger partial charge is 0.324 e. The highest BCUT2D eigenvalue weighted by Crippen LogP contribution is 2.18. The summed E-state index contributed by atoms with van der Waals surface area (Å²) in [6.45, 7) is 0. The lowest BCUT2D eigenvalue weighted by atomic mass is 10.3. The van der Waals surface area contributed by atoms with Crippen molar-refractivity contribution < 1.29 is 0 Å². The second-order valence-electron chi connectivity index (χ2n) is 5.94. The minimum Gasteiger partial charge on any atom is -0.324 e. The molecule has 0 aliphatic carbocycles. The number of aromatic nitrogens is 4. The van der Waals surface area contributed by atoms with Gasteiger partial charge in [-0.2, -0.15) is 20.1 Å². The lowest BCUT2D eigenvalue weighted by Crippen LogP contribution is -2.07. The summed E-state index contributed by atoms with van der Waals surface area (Å²) in [7, 11) is 0. The third kappa shape index (κ3) is 5.33. The molecule has 0 fully saturated rings. The molecule has 0 saturated carbocycles. The highest BCUT2D eigenvalue weighted by atomic mass is 15.4. The molecule has 0 unspecified atom stereocenters.